The Morgan fingerprint density at radius 1 is 0.968 bits per heavy atom. The van der Waals surface area contributed by atoms with Crippen molar-refractivity contribution in [2.45, 2.75) is 61.9 Å². The number of carbonyl (C=O) groups excluding carboxylic acids is 1. The summed E-state index contributed by atoms with van der Waals surface area (Å²) < 4.78 is 33.2. The second kappa shape index (κ2) is 10.4. The van der Waals surface area contributed by atoms with Gasteiger partial charge >= 0.3 is 0 Å². The second-order valence-electron chi connectivity index (χ2n) is 9.02. The quantitative estimate of drug-likeness (QED) is 0.691. The molecule has 172 valence electrons. The number of carbonyl (C=O) groups is 1. The maximum Gasteiger partial charge on any atom is 0.243 e. The first-order valence-corrected chi connectivity index (χ1v) is 13.2. The van der Waals surface area contributed by atoms with Gasteiger partial charge in [0.2, 0.25) is 15.9 Å². The van der Waals surface area contributed by atoms with E-state index in [1.807, 2.05) is 17.0 Å². The van der Waals surface area contributed by atoms with Crippen LogP contribution in [0.4, 0.5) is 0 Å². The average Bonchev–Trinajstić information content (AvgIpc) is 3.33. The average molecular weight is 450 g/mol. The molecule has 1 atom stereocenters. The Balaban J connectivity index is 1.25. The molecular formula is C23H35N3O4S. The number of hydrogen-bond donors (Lipinski definition) is 1. The number of benzene rings is 1. The number of amides is 1. The van der Waals surface area contributed by atoms with Crippen LogP contribution < -0.4 is 5.32 Å². The first-order valence-electron chi connectivity index (χ1n) is 11.7. The smallest absolute Gasteiger partial charge is 0.243 e. The van der Waals surface area contributed by atoms with Crippen LogP contribution in [0.3, 0.4) is 0 Å². The topological polar surface area (TPSA) is 79.0 Å². The summed E-state index contributed by atoms with van der Waals surface area (Å²) in [7, 11) is -3.49. The number of nitrogens with one attached hydrogen (secondary N) is 1. The van der Waals surface area contributed by atoms with Gasteiger partial charge in [-0.15, -0.1) is 0 Å². The normalized spacial score (nSPS) is 24.3. The molecule has 0 aromatic heterocycles. The van der Waals surface area contributed by atoms with Gasteiger partial charge in [-0.1, -0.05) is 31.4 Å². The molecule has 3 aliphatic rings. The van der Waals surface area contributed by atoms with Crippen molar-refractivity contribution >= 4 is 15.9 Å². The molecule has 1 amide bonds. The van der Waals surface area contributed by atoms with E-state index in [1.54, 1.807) is 16.4 Å². The van der Waals surface area contributed by atoms with Crippen molar-refractivity contribution in [3.8, 4) is 0 Å². The van der Waals surface area contributed by atoms with Crippen molar-refractivity contribution in [1.82, 2.24) is 14.5 Å². The fourth-order valence-electron chi connectivity index (χ4n) is 4.92. The minimum Gasteiger partial charge on any atom is -0.376 e. The third kappa shape index (κ3) is 5.86. The van der Waals surface area contributed by atoms with Crippen LogP contribution in [0.25, 0.3) is 0 Å². The first-order chi connectivity index (χ1) is 15.0. The van der Waals surface area contributed by atoms with Gasteiger partial charge in [-0.2, -0.15) is 4.31 Å². The van der Waals surface area contributed by atoms with E-state index in [2.05, 4.69) is 5.32 Å². The molecule has 0 unspecified atom stereocenters. The van der Waals surface area contributed by atoms with Crippen LogP contribution in [-0.4, -0.2) is 75.5 Å². The van der Waals surface area contributed by atoms with Gasteiger partial charge in [0, 0.05) is 39.3 Å². The number of rotatable bonds is 7. The number of nitrogens with zero attached hydrogens (tertiary/aromatic N) is 2. The molecule has 2 saturated heterocycles. The first kappa shape index (κ1) is 22.7. The van der Waals surface area contributed by atoms with Gasteiger partial charge in [0.15, 0.2) is 0 Å². The standard InChI is InChI=1S/C23H35N3O4S/c27-23(24-17-21-7-4-16-30-21)18-25-12-14-26(15-13-25)31(28,29)22-10-8-20(9-11-22)19-5-2-1-3-6-19/h8-11,19,21H,1-7,12-18H2,(H,24,27)/t21-/m0/s1. The van der Waals surface area contributed by atoms with E-state index < -0.39 is 10.0 Å². The zero-order chi connectivity index (χ0) is 21.7. The van der Waals surface area contributed by atoms with Crippen LogP contribution in [0.15, 0.2) is 29.2 Å². The summed E-state index contributed by atoms with van der Waals surface area (Å²) in [4.78, 5) is 14.6. The molecule has 31 heavy (non-hydrogen) atoms. The lowest BCUT2D eigenvalue weighted by Crippen LogP contribution is -2.51. The van der Waals surface area contributed by atoms with Crippen molar-refractivity contribution in [2.24, 2.45) is 0 Å². The lowest BCUT2D eigenvalue weighted by atomic mass is 9.84. The van der Waals surface area contributed by atoms with Crippen LogP contribution in [0.1, 0.15) is 56.4 Å². The van der Waals surface area contributed by atoms with Crippen LogP contribution in [0.5, 0.6) is 0 Å². The summed E-state index contributed by atoms with van der Waals surface area (Å²) in [5.74, 6) is 0.547. The molecule has 4 rings (SSSR count). The number of hydrogen-bond acceptors (Lipinski definition) is 5. The van der Waals surface area contributed by atoms with Crippen LogP contribution in [0.2, 0.25) is 0 Å². The van der Waals surface area contributed by atoms with E-state index in [0.29, 0.717) is 50.1 Å². The molecule has 2 heterocycles. The maximum absolute atomic E-state index is 13.1. The summed E-state index contributed by atoms with van der Waals surface area (Å²) in [6.45, 7) is 3.58. The van der Waals surface area contributed by atoms with E-state index in [4.69, 9.17) is 4.74 Å². The predicted molar refractivity (Wildman–Crippen MR) is 119 cm³/mol. The van der Waals surface area contributed by atoms with Gasteiger partial charge in [0.25, 0.3) is 0 Å². The van der Waals surface area contributed by atoms with Gasteiger partial charge in [-0.25, -0.2) is 8.42 Å². The number of piperazine rings is 1. The molecule has 3 fully saturated rings. The number of sulfonamides is 1. The molecule has 1 aliphatic carbocycles. The monoisotopic (exact) mass is 449 g/mol. The molecule has 7 nitrogen and oxygen atoms in total. The van der Waals surface area contributed by atoms with Crippen LogP contribution in [0, 0.1) is 0 Å². The number of ether oxygens (including phenoxy) is 1. The van der Waals surface area contributed by atoms with E-state index in [1.165, 1.54) is 37.7 Å². The Morgan fingerprint density at radius 2 is 1.68 bits per heavy atom. The maximum atomic E-state index is 13.1. The molecule has 0 spiro atoms. The summed E-state index contributed by atoms with van der Waals surface area (Å²) in [5.41, 5.74) is 1.26. The zero-order valence-corrected chi connectivity index (χ0v) is 19.1. The molecular weight excluding hydrogens is 414 g/mol. The van der Waals surface area contributed by atoms with E-state index in [0.717, 1.165) is 19.4 Å². The Kier molecular flexibility index (Phi) is 7.63. The van der Waals surface area contributed by atoms with Gasteiger partial charge in [0.1, 0.15) is 0 Å². The molecule has 0 radical (unpaired) electrons. The highest BCUT2D eigenvalue weighted by molar-refractivity contribution is 7.89. The lowest BCUT2D eigenvalue weighted by Gasteiger charge is -2.33. The molecule has 0 bridgehead atoms. The summed E-state index contributed by atoms with van der Waals surface area (Å²) in [5, 5.41) is 2.93. The highest BCUT2D eigenvalue weighted by Crippen LogP contribution is 2.33. The fourth-order valence-corrected chi connectivity index (χ4v) is 6.34. The van der Waals surface area contributed by atoms with Crippen molar-refractivity contribution in [3.63, 3.8) is 0 Å². The SMILES string of the molecule is O=C(CN1CCN(S(=O)(=O)c2ccc(C3CCCCC3)cc2)CC1)NC[C@@H]1CCCO1. The van der Waals surface area contributed by atoms with Crippen molar-refractivity contribution in [2.75, 3.05) is 45.9 Å². The zero-order valence-electron chi connectivity index (χ0n) is 18.3. The highest BCUT2D eigenvalue weighted by Gasteiger charge is 2.29. The summed E-state index contributed by atoms with van der Waals surface area (Å²) >= 11 is 0. The highest BCUT2D eigenvalue weighted by atomic mass is 32.2. The molecule has 1 saturated carbocycles. The summed E-state index contributed by atoms with van der Waals surface area (Å²) in [6.07, 6.45) is 8.44. The van der Waals surface area contributed by atoms with Gasteiger partial charge in [0.05, 0.1) is 17.5 Å². The van der Waals surface area contributed by atoms with Crippen molar-refractivity contribution in [3.05, 3.63) is 29.8 Å². The Morgan fingerprint density at radius 3 is 2.32 bits per heavy atom. The van der Waals surface area contributed by atoms with E-state index >= 15 is 0 Å². The van der Waals surface area contributed by atoms with Gasteiger partial charge < -0.3 is 10.1 Å². The van der Waals surface area contributed by atoms with Gasteiger partial charge in [-0.05, 0) is 49.3 Å². The lowest BCUT2D eigenvalue weighted by molar-refractivity contribution is -0.123. The Hall–Kier alpha value is -1.48. The molecule has 1 aromatic rings. The third-order valence-electron chi connectivity index (χ3n) is 6.84. The van der Waals surface area contributed by atoms with Crippen LogP contribution >= 0.6 is 0 Å². The van der Waals surface area contributed by atoms with Crippen LogP contribution in [-0.2, 0) is 19.6 Å². The fraction of sp³-hybridized carbons (Fsp3) is 0.696. The molecule has 8 heteroatoms. The Labute approximate surface area is 186 Å². The molecule has 2 aliphatic heterocycles. The van der Waals surface area contributed by atoms with Crippen molar-refractivity contribution in [1.29, 1.82) is 0 Å². The third-order valence-corrected chi connectivity index (χ3v) is 8.76. The minimum absolute atomic E-state index is 0.0230. The Bertz CT molecular complexity index is 823. The minimum atomic E-state index is -3.49. The van der Waals surface area contributed by atoms with E-state index in [-0.39, 0.29) is 12.0 Å². The largest absolute Gasteiger partial charge is 0.376 e. The second-order valence-corrected chi connectivity index (χ2v) is 11.0. The van der Waals surface area contributed by atoms with Gasteiger partial charge in [-0.3, -0.25) is 9.69 Å². The predicted octanol–water partition coefficient (Wildman–Crippen LogP) is 2.34. The van der Waals surface area contributed by atoms with Crippen molar-refractivity contribution < 1.29 is 17.9 Å². The van der Waals surface area contributed by atoms with E-state index in [9.17, 15) is 13.2 Å². The molecule has 1 aromatic carbocycles. The molecule has 1 N–H and O–H groups in total. The summed E-state index contributed by atoms with van der Waals surface area (Å²) in [6, 6.07) is 7.53.